The average molecular weight is 362 g/mol. The molecule has 7 heteroatoms. The summed E-state index contributed by atoms with van der Waals surface area (Å²) >= 11 is 1.06. The number of carbonyl (C=O) groups excluding carboxylic acids is 1. The van der Waals surface area contributed by atoms with Gasteiger partial charge in [0.25, 0.3) is 0 Å². The van der Waals surface area contributed by atoms with Gasteiger partial charge < -0.3 is 4.18 Å². The highest BCUT2D eigenvalue weighted by Crippen LogP contribution is 2.23. The van der Waals surface area contributed by atoms with Crippen molar-refractivity contribution in [2.75, 3.05) is 0 Å². The molecule has 1 heterocycles. The normalized spacial score (nSPS) is 11.2. The largest absolute Gasteiger partial charge is 0.378 e. The van der Waals surface area contributed by atoms with Gasteiger partial charge in [0.1, 0.15) is 11.6 Å². The van der Waals surface area contributed by atoms with Gasteiger partial charge in [0.05, 0.1) is 0 Å². The highest BCUT2D eigenvalue weighted by molar-refractivity contribution is 7.89. The second-order valence-electron chi connectivity index (χ2n) is 4.83. The zero-order valence-electron chi connectivity index (χ0n) is 12.2. The van der Waals surface area contributed by atoms with Gasteiger partial charge in [-0.15, -0.1) is 11.3 Å². The summed E-state index contributed by atoms with van der Waals surface area (Å²) in [7, 11) is -3.87. The molecule has 0 aliphatic heterocycles. The van der Waals surface area contributed by atoms with Crippen LogP contribution in [0.1, 0.15) is 15.9 Å². The molecule has 0 spiro atoms. The average Bonchev–Trinajstić information content (AvgIpc) is 3.11. The summed E-state index contributed by atoms with van der Waals surface area (Å²) < 4.78 is 42.1. The van der Waals surface area contributed by atoms with Crippen LogP contribution in [0.5, 0.6) is 5.75 Å². The molecule has 3 aromatic rings. The van der Waals surface area contributed by atoms with Gasteiger partial charge in [-0.1, -0.05) is 6.07 Å². The Morgan fingerprint density at radius 2 is 1.50 bits per heavy atom. The maximum atomic E-state index is 12.9. The first-order valence-electron chi connectivity index (χ1n) is 6.84. The Labute approximate surface area is 142 Å². The van der Waals surface area contributed by atoms with E-state index < -0.39 is 15.9 Å². The van der Waals surface area contributed by atoms with Gasteiger partial charge in [-0.3, -0.25) is 4.79 Å². The smallest absolute Gasteiger partial charge is 0.348 e. The van der Waals surface area contributed by atoms with Crippen LogP contribution in [-0.4, -0.2) is 14.2 Å². The van der Waals surface area contributed by atoms with Crippen molar-refractivity contribution < 1.29 is 21.8 Å². The molecule has 0 unspecified atom stereocenters. The fourth-order valence-corrected chi connectivity index (χ4v) is 3.88. The number of carbonyl (C=O) groups is 1. The van der Waals surface area contributed by atoms with E-state index in [2.05, 4.69) is 0 Å². The van der Waals surface area contributed by atoms with Crippen molar-refractivity contribution in [1.29, 1.82) is 0 Å². The first kappa shape index (κ1) is 16.4. The van der Waals surface area contributed by atoms with E-state index in [1.807, 2.05) is 0 Å². The number of thiophene rings is 1. The molecule has 0 atom stereocenters. The van der Waals surface area contributed by atoms with E-state index in [0.717, 1.165) is 11.3 Å². The van der Waals surface area contributed by atoms with Crippen molar-refractivity contribution in [3.8, 4) is 5.75 Å². The topological polar surface area (TPSA) is 60.4 Å². The third-order valence-corrected chi connectivity index (χ3v) is 5.77. The molecule has 24 heavy (non-hydrogen) atoms. The molecule has 0 bridgehead atoms. The molecule has 1 aromatic heterocycles. The van der Waals surface area contributed by atoms with Crippen LogP contribution in [0.25, 0.3) is 0 Å². The number of halogens is 1. The van der Waals surface area contributed by atoms with E-state index in [1.54, 1.807) is 11.4 Å². The van der Waals surface area contributed by atoms with Crippen molar-refractivity contribution in [1.82, 2.24) is 0 Å². The van der Waals surface area contributed by atoms with E-state index in [-0.39, 0.29) is 15.7 Å². The van der Waals surface area contributed by atoms with Crippen LogP contribution < -0.4 is 4.18 Å². The van der Waals surface area contributed by atoms with Crippen LogP contribution >= 0.6 is 11.3 Å². The minimum atomic E-state index is -3.87. The maximum Gasteiger partial charge on any atom is 0.348 e. The van der Waals surface area contributed by atoms with Gasteiger partial charge in [-0.05, 0) is 60.0 Å². The summed E-state index contributed by atoms with van der Waals surface area (Å²) in [6, 6.07) is 14.0. The predicted molar refractivity (Wildman–Crippen MR) is 88.4 cm³/mol. The van der Waals surface area contributed by atoms with Crippen LogP contribution in [0.4, 0.5) is 4.39 Å². The second-order valence-corrected chi connectivity index (χ2v) is 7.55. The SMILES string of the molecule is O=C(c1ccc(F)cc1)c1ccc(OS(=O)(=O)c2cccs2)cc1. The molecular formula is C17H11FO4S2. The Morgan fingerprint density at radius 3 is 2.04 bits per heavy atom. The van der Waals surface area contributed by atoms with Crippen molar-refractivity contribution in [2.45, 2.75) is 4.21 Å². The molecule has 0 radical (unpaired) electrons. The van der Waals surface area contributed by atoms with Crippen LogP contribution in [0.3, 0.4) is 0 Å². The summed E-state index contributed by atoms with van der Waals surface area (Å²) in [6.45, 7) is 0. The first-order valence-corrected chi connectivity index (χ1v) is 9.13. The van der Waals surface area contributed by atoms with Gasteiger partial charge in [-0.25, -0.2) is 4.39 Å². The fourth-order valence-electron chi connectivity index (χ4n) is 2.00. The van der Waals surface area contributed by atoms with Gasteiger partial charge >= 0.3 is 10.1 Å². The van der Waals surface area contributed by atoms with E-state index in [0.29, 0.717) is 11.1 Å². The van der Waals surface area contributed by atoms with Crippen LogP contribution in [0.2, 0.25) is 0 Å². The fraction of sp³-hybridized carbons (Fsp3) is 0. The van der Waals surface area contributed by atoms with Gasteiger partial charge in [0.2, 0.25) is 0 Å². The Hall–Kier alpha value is -2.51. The van der Waals surface area contributed by atoms with Crippen LogP contribution in [0, 0.1) is 5.82 Å². The molecule has 0 fully saturated rings. The lowest BCUT2D eigenvalue weighted by Gasteiger charge is -2.06. The molecule has 0 aliphatic carbocycles. The molecule has 0 saturated heterocycles. The minimum absolute atomic E-state index is 0.106. The number of hydrogen-bond acceptors (Lipinski definition) is 5. The summed E-state index contributed by atoms with van der Waals surface area (Å²) in [5.74, 6) is -0.601. The summed E-state index contributed by atoms with van der Waals surface area (Å²) in [6.07, 6.45) is 0. The van der Waals surface area contributed by atoms with Crippen molar-refractivity contribution in [2.24, 2.45) is 0 Å². The lowest BCUT2D eigenvalue weighted by molar-refractivity contribution is 0.103. The molecule has 0 amide bonds. The predicted octanol–water partition coefficient (Wildman–Crippen LogP) is 3.89. The van der Waals surface area contributed by atoms with E-state index in [4.69, 9.17) is 4.18 Å². The molecular weight excluding hydrogens is 351 g/mol. The molecule has 2 aromatic carbocycles. The van der Waals surface area contributed by atoms with Crippen molar-refractivity contribution >= 4 is 27.2 Å². The molecule has 3 rings (SSSR count). The van der Waals surface area contributed by atoms with Crippen molar-refractivity contribution in [3.05, 3.63) is 83.0 Å². The maximum absolute atomic E-state index is 12.9. The highest BCUT2D eigenvalue weighted by Gasteiger charge is 2.18. The number of rotatable bonds is 5. The summed E-state index contributed by atoms with van der Waals surface area (Å²) in [5, 5.41) is 1.64. The Bertz CT molecular complexity index is 945. The molecule has 0 aliphatic rings. The number of hydrogen-bond donors (Lipinski definition) is 0. The van der Waals surface area contributed by atoms with Crippen LogP contribution in [0.15, 0.2) is 70.3 Å². The van der Waals surface area contributed by atoms with E-state index in [9.17, 15) is 17.6 Å². The molecule has 4 nitrogen and oxygen atoms in total. The zero-order chi connectivity index (χ0) is 17.2. The minimum Gasteiger partial charge on any atom is -0.378 e. The van der Waals surface area contributed by atoms with Gasteiger partial charge in [-0.2, -0.15) is 8.42 Å². The third kappa shape index (κ3) is 3.52. The Balaban J connectivity index is 1.78. The summed E-state index contributed by atoms with van der Waals surface area (Å²) in [5.41, 5.74) is 0.693. The molecule has 0 saturated carbocycles. The van der Waals surface area contributed by atoms with E-state index >= 15 is 0 Å². The zero-order valence-corrected chi connectivity index (χ0v) is 13.8. The number of ketones is 1. The van der Waals surface area contributed by atoms with Crippen LogP contribution in [-0.2, 0) is 10.1 Å². The highest BCUT2D eigenvalue weighted by atomic mass is 32.3. The number of benzene rings is 2. The quantitative estimate of drug-likeness (QED) is 0.510. The third-order valence-electron chi connectivity index (χ3n) is 3.17. The molecule has 0 N–H and O–H groups in total. The standard InChI is InChI=1S/C17H11FO4S2/c18-14-7-3-12(4-8-14)17(19)13-5-9-15(10-6-13)22-24(20,21)16-2-1-11-23-16/h1-11H. The van der Waals surface area contributed by atoms with Gasteiger partial charge in [0, 0.05) is 11.1 Å². The Morgan fingerprint density at radius 1 is 0.917 bits per heavy atom. The van der Waals surface area contributed by atoms with E-state index in [1.165, 1.54) is 54.6 Å². The lowest BCUT2D eigenvalue weighted by Crippen LogP contribution is -2.08. The summed E-state index contributed by atoms with van der Waals surface area (Å²) in [4.78, 5) is 12.3. The van der Waals surface area contributed by atoms with Crippen molar-refractivity contribution in [3.63, 3.8) is 0 Å². The Kier molecular flexibility index (Phi) is 4.46. The lowest BCUT2D eigenvalue weighted by atomic mass is 10.0. The van der Waals surface area contributed by atoms with Gasteiger partial charge in [0.15, 0.2) is 9.99 Å². The molecule has 122 valence electrons. The monoisotopic (exact) mass is 362 g/mol. The first-order chi connectivity index (χ1) is 11.5. The second kappa shape index (κ2) is 6.54.